The second-order valence-electron chi connectivity index (χ2n) is 12.2. The first-order valence-corrected chi connectivity index (χ1v) is 16.8. The summed E-state index contributed by atoms with van der Waals surface area (Å²) in [7, 11) is 3.95. The van der Waals surface area contributed by atoms with E-state index < -0.39 is 10.0 Å². The summed E-state index contributed by atoms with van der Waals surface area (Å²) in [6.45, 7) is 6.34. The van der Waals surface area contributed by atoms with E-state index in [9.17, 15) is 13.2 Å². The van der Waals surface area contributed by atoms with Crippen molar-refractivity contribution < 1.29 is 17.9 Å². The molecule has 0 aliphatic carbocycles. The minimum atomic E-state index is -3.74. The standard InChI is InChI=1S/C34H48N6O4S/c1-24-13-14-26(21-27(24)23-40-19-18-38(5)30-11-7-8-12-32(30)45(40,42)43)29(22-33(41)44-20-10-9-17-37(3)4)28-15-16-31(39(6)36)34(35)25(28)2/h7-8,11-16,21,29H,9-10,17-20,22-23,35-36H2,1-6H3. The number of sulfonamides is 1. The molecule has 10 nitrogen and oxygen atoms in total. The van der Waals surface area contributed by atoms with Crippen molar-refractivity contribution in [2.24, 2.45) is 5.84 Å². The van der Waals surface area contributed by atoms with Gasteiger partial charge in [-0.2, -0.15) is 4.31 Å². The van der Waals surface area contributed by atoms with Crippen LogP contribution in [-0.4, -0.2) is 78.0 Å². The third-order valence-corrected chi connectivity index (χ3v) is 10.5. The summed E-state index contributed by atoms with van der Waals surface area (Å²) < 4.78 is 34.9. The number of ether oxygens (including phenoxy) is 1. The Hall–Kier alpha value is -3.64. The number of unbranched alkanes of at least 4 members (excludes halogenated alkanes) is 1. The summed E-state index contributed by atoms with van der Waals surface area (Å²) in [6.07, 6.45) is 1.85. The van der Waals surface area contributed by atoms with Crippen molar-refractivity contribution in [3.8, 4) is 0 Å². The van der Waals surface area contributed by atoms with Gasteiger partial charge in [0.15, 0.2) is 0 Å². The number of aryl methyl sites for hydroxylation is 1. The maximum Gasteiger partial charge on any atom is 0.306 e. The van der Waals surface area contributed by atoms with E-state index in [-0.39, 0.29) is 24.9 Å². The minimum Gasteiger partial charge on any atom is -0.466 e. The van der Waals surface area contributed by atoms with Crippen molar-refractivity contribution in [3.63, 3.8) is 0 Å². The average Bonchev–Trinajstić information content (AvgIpc) is 3.08. The van der Waals surface area contributed by atoms with Crippen LogP contribution in [0.15, 0.2) is 59.5 Å². The number of nitrogens with two attached hydrogens (primary N) is 2. The molecule has 1 atom stereocenters. The van der Waals surface area contributed by atoms with Crippen LogP contribution in [0.2, 0.25) is 0 Å². The molecule has 1 heterocycles. The van der Waals surface area contributed by atoms with E-state index in [1.807, 2.05) is 82.4 Å². The van der Waals surface area contributed by atoms with Gasteiger partial charge in [-0.1, -0.05) is 36.4 Å². The molecule has 0 bridgehead atoms. The molecular formula is C34H48N6O4S. The maximum absolute atomic E-state index is 13.8. The number of likely N-dealkylation sites (N-methyl/N-ethyl adjacent to an activating group) is 1. The number of anilines is 3. The first-order chi connectivity index (χ1) is 21.3. The SMILES string of the molecule is Cc1ccc(C(CC(=O)OCCCCN(C)C)c2ccc(N(C)N)c(N)c2C)cc1CN1CCN(C)c2ccccc2S1(=O)=O. The largest absolute Gasteiger partial charge is 0.466 e. The lowest BCUT2D eigenvalue weighted by Crippen LogP contribution is -2.33. The number of nitrogens with zero attached hydrogens (tertiary/aromatic N) is 4. The number of nitrogen functional groups attached to an aromatic ring is 1. The van der Waals surface area contributed by atoms with Crippen LogP contribution in [0.4, 0.5) is 17.1 Å². The third kappa shape index (κ3) is 7.96. The van der Waals surface area contributed by atoms with Gasteiger partial charge in [0.05, 0.1) is 30.1 Å². The Kier molecular flexibility index (Phi) is 11.1. The predicted octanol–water partition coefficient (Wildman–Crippen LogP) is 4.24. The van der Waals surface area contributed by atoms with Gasteiger partial charge in [-0.05, 0) is 93.3 Å². The molecule has 0 saturated carbocycles. The zero-order valence-corrected chi connectivity index (χ0v) is 28.2. The number of fused-ring (bicyclic) bond motifs is 1. The molecule has 11 heteroatoms. The number of carbonyl (C=O) groups is 1. The van der Waals surface area contributed by atoms with Crippen LogP contribution < -0.4 is 21.5 Å². The summed E-state index contributed by atoms with van der Waals surface area (Å²) in [5, 5.41) is 1.48. The van der Waals surface area contributed by atoms with Gasteiger partial charge in [0.2, 0.25) is 10.0 Å². The van der Waals surface area contributed by atoms with Crippen LogP contribution in [0.3, 0.4) is 0 Å². The van der Waals surface area contributed by atoms with Gasteiger partial charge in [-0.3, -0.25) is 4.79 Å². The van der Waals surface area contributed by atoms with Crippen LogP contribution in [-0.2, 0) is 26.1 Å². The summed E-state index contributed by atoms with van der Waals surface area (Å²) in [5.74, 6) is 5.37. The lowest BCUT2D eigenvalue weighted by atomic mass is 9.84. The molecule has 3 aromatic carbocycles. The molecule has 0 fully saturated rings. The van der Waals surface area contributed by atoms with E-state index >= 15 is 0 Å². The van der Waals surface area contributed by atoms with Crippen molar-refractivity contribution >= 4 is 33.1 Å². The molecule has 1 aliphatic heterocycles. The Bertz CT molecular complexity index is 1610. The number of rotatable bonds is 12. The highest BCUT2D eigenvalue weighted by Crippen LogP contribution is 2.38. The van der Waals surface area contributed by atoms with Gasteiger partial charge in [-0.15, -0.1) is 0 Å². The van der Waals surface area contributed by atoms with E-state index in [4.69, 9.17) is 16.3 Å². The average molecular weight is 637 g/mol. The monoisotopic (exact) mass is 636 g/mol. The molecule has 1 unspecified atom stereocenters. The van der Waals surface area contributed by atoms with Crippen molar-refractivity contribution in [3.05, 3.63) is 82.4 Å². The molecule has 3 aromatic rings. The molecular weight excluding hydrogens is 588 g/mol. The van der Waals surface area contributed by atoms with Gasteiger partial charge < -0.3 is 25.3 Å². The van der Waals surface area contributed by atoms with Gasteiger partial charge in [0, 0.05) is 39.6 Å². The molecule has 45 heavy (non-hydrogen) atoms. The maximum atomic E-state index is 13.8. The first-order valence-electron chi connectivity index (χ1n) is 15.4. The summed E-state index contributed by atoms with van der Waals surface area (Å²) in [5.41, 5.74) is 12.9. The Morgan fingerprint density at radius 1 is 1.02 bits per heavy atom. The van der Waals surface area contributed by atoms with E-state index in [0.717, 1.165) is 47.2 Å². The zero-order chi connectivity index (χ0) is 32.9. The number of hydrazine groups is 1. The highest BCUT2D eigenvalue weighted by Gasteiger charge is 2.32. The van der Waals surface area contributed by atoms with Gasteiger partial charge in [-0.25, -0.2) is 14.3 Å². The number of hydrogen-bond donors (Lipinski definition) is 2. The molecule has 4 N–H and O–H groups in total. The quantitative estimate of drug-likeness (QED) is 0.0987. The molecule has 0 spiro atoms. The second-order valence-corrected chi connectivity index (χ2v) is 14.1. The molecule has 0 saturated heterocycles. The van der Waals surface area contributed by atoms with Gasteiger partial charge in [0.25, 0.3) is 0 Å². The van der Waals surface area contributed by atoms with Crippen LogP contribution in [0, 0.1) is 13.8 Å². The zero-order valence-electron chi connectivity index (χ0n) is 27.4. The van der Waals surface area contributed by atoms with Crippen molar-refractivity contribution in [1.29, 1.82) is 0 Å². The topological polar surface area (TPSA) is 125 Å². The van der Waals surface area contributed by atoms with Gasteiger partial charge in [0.1, 0.15) is 4.90 Å². The normalized spacial score (nSPS) is 15.4. The van der Waals surface area contributed by atoms with E-state index in [1.165, 1.54) is 5.01 Å². The molecule has 1 aliphatic rings. The van der Waals surface area contributed by atoms with Crippen LogP contribution >= 0.6 is 0 Å². The van der Waals surface area contributed by atoms with Crippen molar-refractivity contribution in [2.75, 3.05) is 70.1 Å². The Balaban J connectivity index is 1.67. The molecule has 0 aromatic heterocycles. The van der Waals surface area contributed by atoms with Crippen molar-refractivity contribution in [2.45, 2.75) is 50.5 Å². The lowest BCUT2D eigenvalue weighted by molar-refractivity contribution is -0.144. The fourth-order valence-electron chi connectivity index (χ4n) is 5.83. The van der Waals surface area contributed by atoms with E-state index in [0.29, 0.717) is 41.7 Å². The van der Waals surface area contributed by atoms with E-state index in [2.05, 4.69) is 4.90 Å². The highest BCUT2D eigenvalue weighted by atomic mass is 32.2. The third-order valence-electron chi connectivity index (χ3n) is 8.62. The molecule has 0 amide bonds. The fraction of sp³-hybridized carbons (Fsp3) is 0.441. The smallest absolute Gasteiger partial charge is 0.306 e. The second kappa shape index (κ2) is 14.6. The number of para-hydroxylation sites is 1. The minimum absolute atomic E-state index is 0.119. The van der Waals surface area contributed by atoms with Crippen molar-refractivity contribution in [1.82, 2.24) is 9.21 Å². The van der Waals surface area contributed by atoms with Gasteiger partial charge >= 0.3 is 5.97 Å². The number of hydrogen-bond acceptors (Lipinski definition) is 9. The summed E-state index contributed by atoms with van der Waals surface area (Å²) >= 11 is 0. The lowest BCUT2D eigenvalue weighted by Gasteiger charge is -2.25. The Morgan fingerprint density at radius 2 is 1.76 bits per heavy atom. The molecule has 244 valence electrons. The summed E-state index contributed by atoms with van der Waals surface area (Å²) in [6, 6.07) is 17.0. The molecule has 4 rings (SSSR count). The van der Waals surface area contributed by atoms with Crippen LogP contribution in [0.1, 0.15) is 53.0 Å². The van der Waals surface area contributed by atoms with Crippen LogP contribution in [0.5, 0.6) is 0 Å². The fourth-order valence-corrected chi connectivity index (χ4v) is 7.48. The Labute approximate surface area is 268 Å². The first kappa shape index (κ1) is 34.2. The molecule has 0 radical (unpaired) electrons. The highest BCUT2D eigenvalue weighted by molar-refractivity contribution is 7.89. The summed E-state index contributed by atoms with van der Waals surface area (Å²) in [4.78, 5) is 17.6. The van der Waals surface area contributed by atoms with Crippen LogP contribution in [0.25, 0.3) is 0 Å². The van der Waals surface area contributed by atoms with E-state index in [1.54, 1.807) is 23.5 Å². The Morgan fingerprint density at radius 3 is 2.47 bits per heavy atom. The number of benzene rings is 3. The number of esters is 1. The predicted molar refractivity (Wildman–Crippen MR) is 182 cm³/mol. The number of carbonyl (C=O) groups excluding carboxylic acids is 1.